The first kappa shape index (κ1) is 21.4. The number of benzene rings is 1. The van der Waals surface area contributed by atoms with Crippen LogP contribution in [0.25, 0.3) is 16.7 Å². The standard InChI is InChI=1S/C22H22F2N6O3/c1-13-11-33-6-5-28(13)9-14-7-16-20(25-8-14)29(22(31)30-21(16)26-12-27-30)10-15-3-4-17(32-2)19(24)18(15)23/h3-4,7-8,12-13H,5-6,9-11H2,1-2H3. The summed E-state index contributed by atoms with van der Waals surface area (Å²) in [4.78, 5) is 24.1. The van der Waals surface area contributed by atoms with Crippen molar-refractivity contribution in [2.24, 2.45) is 0 Å². The molecule has 1 aliphatic heterocycles. The van der Waals surface area contributed by atoms with Crippen LogP contribution in [0.3, 0.4) is 0 Å². The molecule has 3 aromatic heterocycles. The Morgan fingerprint density at radius 2 is 2.03 bits per heavy atom. The highest BCUT2D eigenvalue weighted by Gasteiger charge is 2.21. The van der Waals surface area contributed by atoms with E-state index in [4.69, 9.17) is 9.47 Å². The maximum Gasteiger partial charge on any atom is 0.352 e. The molecule has 1 saturated heterocycles. The molecule has 0 N–H and O–H groups in total. The van der Waals surface area contributed by atoms with E-state index in [-0.39, 0.29) is 23.9 Å². The molecule has 0 amide bonds. The number of halogens is 2. The molecule has 9 nitrogen and oxygen atoms in total. The summed E-state index contributed by atoms with van der Waals surface area (Å²) in [5.74, 6) is -2.39. The Hall–Kier alpha value is -3.44. The second-order valence-corrected chi connectivity index (χ2v) is 8.03. The molecule has 0 bridgehead atoms. The average molecular weight is 456 g/mol. The van der Waals surface area contributed by atoms with Crippen molar-refractivity contribution in [1.29, 1.82) is 0 Å². The minimum Gasteiger partial charge on any atom is -0.494 e. The molecule has 5 rings (SSSR count). The van der Waals surface area contributed by atoms with Crippen molar-refractivity contribution in [3.8, 4) is 5.75 Å². The Labute approximate surface area is 187 Å². The van der Waals surface area contributed by atoms with Crippen LogP contribution in [0.2, 0.25) is 0 Å². The summed E-state index contributed by atoms with van der Waals surface area (Å²) < 4.78 is 41.6. The average Bonchev–Trinajstić information content (AvgIpc) is 3.32. The fourth-order valence-electron chi connectivity index (χ4n) is 4.13. The van der Waals surface area contributed by atoms with Gasteiger partial charge in [0.25, 0.3) is 0 Å². The lowest BCUT2D eigenvalue weighted by Gasteiger charge is -2.33. The number of aromatic nitrogens is 5. The van der Waals surface area contributed by atoms with E-state index in [0.29, 0.717) is 36.4 Å². The molecule has 1 aromatic carbocycles. The number of ether oxygens (including phenoxy) is 2. The maximum absolute atomic E-state index is 14.6. The molecule has 33 heavy (non-hydrogen) atoms. The molecule has 1 atom stereocenters. The normalized spacial score (nSPS) is 17.2. The van der Waals surface area contributed by atoms with Crippen molar-refractivity contribution < 1.29 is 18.3 Å². The van der Waals surface area contributed by atoms with Crippen LogP contribution in [-0.2, 0) is 17.8 Å². The summed E-state index contributed by atoms with van der Waals surface area (Å²) in [6.45, 7) is 4.67. The van der Waals surface area contributed by atoms with Gasteiger partial charge in [0.05, 0.1) is 32.3 Å². The van der Waals surface area contributed by atoms with Gasteiger partial charge in [-0.1, -0.05) is 6.07 Å². The van der Waals surface area contributed by atoms with Crippen LogP contribution < -0.4 is 10.4 Å². The predicted molar refractivity (Wildman–Crippen MR) is 115 cm³/mol. The number of morpholine rings is 1. The van der Waals surface area contributed by atoms with Gasteiger partial charge in [0.2, 0.25) is 5.82 Å². The summed E-state index contributed by atoms with van der Waals surface area (Å²) in [5, 5.41) is 4.62. The SMILES string of the molecule is COc1ccc(Cn2c(=O)n3ncnc3c3cc(CN4CCOCC4C)cnc32)c(F)c1F. The summed E-state index contributed by atoms with van der Waals surface area (Å²) in [7, 11) is 1.26. The zero-order valence-corrected chi connectivity index (χ0v) is 18.2. The third kappa shape index (κ3) is 3.72. The van der Waals surface area contributed by atoms with E-state index in [1.165, 1.54) is 30.1 Å². The Bertz CT molecular complexity index is 1400. The molecule has 1 fully saturated rings. The minimum absolute atomic E-state index is 0.0100. The number of rotatable bonds is 5. The molecule has 172 valence electrons. The molecule has 0 aliphatic carbocycles. The second-order valence-electron chi connectivity index (χ2n) is 8.03. The van der Waals surface area contributed by atoms with Gasteiger partial charge in [-0.25, -0.2) is 19.2 Å². The number of hydrogen-bond acceptors (Lipinski definition) is 7. The van der Waals surface area contributed by atoms with Crippen LogP contribution in [0.15, 0.2) is 35.5 Å². The first-order valence-electron chi connectivity index (χ1n) is 10.5. The number of nitrogens with zero attached hydrogens (tertiary/aromatic N) is 6. The molecule has 1 aliphatic rings. The van der Waals surface area contributed by atoms with Crippen LogP contribution in [0.4, 0.5) is 8.78 Å². The van der Waals surface area contributed by atoms with Crippen LogP contribution in [0, 0.1) is 11.6 Å². The third-order valence-corrected chi connectivity index (χ3v) is 5.95. The van der Waals surface area contributed by atoms with Crippen molar-refractivity contribution in [2.45, 2.75) is 26.1 Å². The third-order valence-electron chi connectivity index (χ3n) is 5.95. The highest BCUT2D eigenvalue weighted by atomic mass is 19.2. The summed E-state index contributed by atoms with van der Waals surface area (Å²) in [5.41, 5.74) is 1.05. The molecular weight excluding hydrogens is 434 g/mol. The van der Waals surface area contributed by atoms with Crippen LogP contribution in [-0.4, -0.2) is 62.0 Å². The predicted octanol–water partition coefficient (Wildman–Crippen LogP) is 1.99. The van der Waals surface area contributed by atoms with Crippen LogP contribution >= 0.6 is 0 Å². The smallest absolute Gasteiger partial charge is 0.352 e. The first-order valence-corrected chi connectivity index (χ1v) is 10.5. The van der Waals surface area contributed by atoms with Crippen molar-refractivity contribution >= 4 is 16.7 Å². The van der Waals surface area contributed by atoms with Gasteiger partial charge in [0.1, 0.15) is 12.0 Å². The first-order chi connectivity index (χ1) is 16.0. The largest absolute Gasteiger partial charge is 0.494 e. The van der Waals surface area contributed by atoms with E-state index in [2.05, 4.69) is 26.9 Å². The van der Waals surface area contributed by atoms with Crippen LogP contribution in [0.5, 0.6) is 5.75 Å². The lowest BCUT2D eigenvalue weighted by atomic mass is 10.1. The number of pyridine rings is 1. The van der Waals surface area contributed by atoms with Crippen LogP contribution in [0.1, 0.15) is 18.1 Å². The Kier molecular flexibility index (Phi) is 5.51. The Morgan fingerprint density at radius 1 is 1.18 bits per heavy atom. The lowest BCUT2D eigenvalue weighted by molar-refractivity contribution is -0.00439. The van der Waals surface area contributed by atoms with E-state index < -0.39 is 17.3 Å². The zero-order chi connectivity index (χ0) is 23.1. The molecule has 0 saturated carbocycles. The maximum atomic E-state index is 14.6. The van der Waals surface area contributed by atoms with Gasteiger partial charge in [-0.2, -0.15) is 14.0 Å². The van der Waals surface area contributed by atoms with Crippen molar-refractivity contribution in [3.63, 3.8) is 0 Å². The van der Waals surface area contributed by atoms with Crippen molar-refractivity contribution in [2.75, 3.05) is 26.9 Å². The second kappa shape index (κ2) is 8.49. The molecule has 4 aromatic rings. The number of hydrogen-bond donors (Lipinski definition) is 0. The van der Waals surface area contributed by atoms with Gasteiger partial charge in [0.15, 0.2) is 17.2 Å². The van der Waals surface area contributed by atoms with Gasteiger partial charge >= 0.3 is 5.69 Å². The monoisotopic (exact) mass is 456 g/mol. The van der Waals surface area contributed by atoms with E-state index >= 15 is 0 Å². The van der Waals surface area contributed by atoms with Gasteiger partial charge in [-0.3, -0.25) is 9.47 Å². The molecule has 4 heterocycles. The summed E-state index contributed by atoms with van der Waals surface area (Å²) in [6.07, 6.45) is 2.98. The number of fused-ring (bicyclic) bond motifs is 3. The molecular formula is C22H22F2N6O3. The highest BCUT2D eigenvalue weighted by molar-refractivity contribution is 5.89. The fourth-order valence-corrected chi connectivity index (χ4v) is 4.13. The summed E-state index contributed by atoms with van der Waals surface area (Å²) >= 11 is 0. The fraction of sp³-hybridized carbons (Fsp3) is 0.364. The molecule has 0 spiro atoms. The Balaban J connectivity index is 1.61. The van der Waals surface area contributed by atoms with E-state index in [0.717, 1.165) is 16.6 Å². The van der Waals surface area contributed by atoms with E-state index in [1.54, 1.807) is 6.20 Å². The molecule has 0 radical (unpaired) electrons. The highest BCUT2D eigenvalue weighted by Crippen LogP contribution is 2.24. The van der Waals surface area contributed by atoms with Gasteiger partial charge in [0, 0.05) is 30.9 Å². The minimum atomic E-state index is -1.11. The summed E-state index contributed by atoms with van der Waals surface area (Å²) in [6, 6.07) is 4.89. The quantitative estimate of drug-likeness (QED) is 0.454. The molecule has 11 heteroatoms. The molecule has 1 unspecified atom stereocenters. The van der Waals surface area contributed by atoms with Gasteiger partial charge < -0.3 is 9.47 Å². The van der Waals surface area contributed by atoms with Crippen molar-refractivity contribution in [3.05, 3.63) is 64.0 Å². The zero-order valence-electron chi connectivity index (χ0n) is 18.2. The number of methoxy groups -OCH3 is 1. The van der Waals surface area contributed by atoms with E-state index in [9.17, 15) is 13.6 Å². The van der Waals surface area contributed by atoms with Crippen molar-refractivity contribution in [1.82, 2.24) is 29.0 Å². The van der Waals surface area contributed by atoms with E-state index in [1.807, 2.05) is 6.07 Å². The van der Waals surface area contributed by atoms with Gasteiger partial charge in [-0.05, 0) is 24.6 Å². The topological polar surface area (TPSA) is 86.8 Å². The van der Waals surface area contributed by atoms with Gasteiger partial charge in [-0.15, -0.1) is 0 Å². The Morgan fingerprint density at radius 3 is 2.82 bits per heavy atom. The lowest BCUT2D eigenvalue weighted by Crippen LogP contribution is -2.42.